The molecule has 0 unspecified atom stereocenters. The Bertz CT molecular complexity index is 462. The van der Waals surface area contributed by atoms with Gasteiger partial charge < -0.3 is 15.2 Å². The van der Waals surface area contributed by atoms with Crippen LogP contribution in [0.25, 0.3) is 0 Å². The van der Waals surface area contributed by atoms with E-state index in [4.69, 9.17) is 0 Å². The summed E-state index contributed by atoms with van der Waals surface area (Å²) in [4.78, 5) is 0. The van der Waals surface area contributed by atoms with Crippen LogP contribution in [0.2, 0.25) is 0 Å². The third-order valence-electron chi connectivity index (χ3n) is 3.85. The van der Waals surface area contributed by atoms with Gasteiger partial charge in [-0.1, -0.05) is 6.07 Å². The Balaban J connectivity index is 1.88. The SMILES string of the molecule is OC1(CCCc2ccc(F)c(OC(F)F)c2)CCNCC1. The van der Waals surface area contributed by atoms with Crippen molar-refractivity contribution in [3.63, 3.8) is 0 Å². The van der Waals surface area contributed by atoms with E-state index in [1.807, 2.05) is 0 Å². The van der Waals surface area contributed by atoms with Gasteiger partial charge in [-0.2, -0.15) is 8.78 Å². The number of piperidine rings is 1. The second kappa shape index (κ2) is 7.13. The number of rotatable bonds is 6. The number of hydrogen-bond acceptors (Lipinski definition) is 3. The number of alkyl halides is 2. The second-order valence-electron chi connectivity index (χ2n) is 5.47. The van der Waals surface area contributed by atoms with Crippen LogP contribution in [0.15, 0.2) is 18.2 Å². The summed E-state index contributed by atoms with van der Waals surface area (Å²) in [6.07, 6.45) is 3.40. The highest BCUT2D eigenvalue weighted by molar-refractivity contribution is 5.30. The zero-order valence-electron chi connectivity index (χ0n) is 11.7. The molecule has 0 saturated carbocycles. The molecule has 1 aromatic carbocycles. The van der Waals surface area contributed by atoms with E-state index < -0.39 is 23.8 Å². The summed E-state index contributed by atoms with van der Waals surface area (Å²) in [6, 6.07) is 3.99. The molecular formula is C15H20F3NO2. The molecule has 1 saturated heterocycles. The maximum atomic E-state index is 13.3. The first kappa shape index (κ1) is 16.1. The molecule has 1 aromatic rings. The Morgan fingerprint density at radius 3 is 2.67 bits per heavy atom. The summed E-state index contributed by atoms with van der Waals surface area (Å²) in [6.45, 7) is -1.43. The van der Waals surface area contributed by atoms with Crippen LogP contribution in [0.1, 0.15) is 31.2 Å². The van der Waals surface area contributed by atoms with Gasteiger partial charge in [0.1, 0.15) is 0 Å². The Kier molecular flexibility index (Phi) is 5.47. The first-order valence-electron chi connectivity index (χ1n) is 7.15. The molecule has 1 aliphatic rings. The maximum Gasteiger partial charge on any atom is 0.387 e. The number of hydrogen-bond donors (Lipinski definition) is 2. The fourth-order valence-corrected chi connectivity index (χ4v) is 2.65. The van der Waals surface area contributed by atoms with Crippen LogP contribution < -0.4 is 10.1 Å². The van der Waals surface area contributed by atoms with Gasteiger partial charge in [0.05, 0.1) is 5.60 Å². The largest absolute Gasteiger partial charge is 0.432 e. The summed E-state index contributed by atoms with van der Waals surface area (Å²) >= 11 is 0. The van der Waals surface area contributed by atoms with E-state index in [1.165, 1.54) is 6.07 Å². The molecule has 0 aliphatic carbocycles. The minimum absolute atomic E-state index is 0.428. The van der Waals surface area contributed by atoms with E-state index >= 15 is 0 Å². The number of nitrogens with one attached hydrogen (secondary N) is 1. The lowest BCUT2D eigenvalue weighted by atomic mass is 9.87. The molecule has 3 nitrogen and oxygen atoms in total. The van der Waals surface area contributed by atoms with Gasteiger partial charge in [-0.3, -0.25) is 0 Å². The van der Waals surface area contributed by atoms with Gasteiger partial charge in [-0.05, 0) is 62.9 Å². The van der Waals surface area contributed by atoms with Gasteiger partial charge in [0.25, 0.3) is 0 Å². The Morgan fingerprint density at radius 2 is 2.00 bits per heavy atom. The highest BCUT2D eigenvalue weighted by Gasteiger charge is 2.28. The predicted octanol–water partition coefficient (Wildman–Crippen LogP) is 2.86. The first-order valence-corrected chi connectivity index (χ1v) is 7.15. The lowest BCUT2D eigenvalue weighted by Gasteiger charge is -2.32. The summed E-state index contributed by atoms with van der Waals surface area (Å²) in [5.74, 6) is -1.22. The fraction of sp³-hybridized carbons (Fsp3) is 0.600. The summed E-state index contributed by atoms with van der Waals surface area (Å²) in [7, 11) is 0. The van der Waals surface area contributed by atoms with Crippen LogP contribution in [0.4, 0.5) is 13.2 Å². The lowest BCUT2D eigenvalue weighted by molar-refractivity contribution is -0.0522. The molecular weight excluding hydrogens is 283 g/mol. The Hall–Kier alpha value is -1.27. The van der Waals surface area contributed by atoms with Crippen LogP contribution in [-0.2, 0) is 6.42 Å². The smallest absolute Gasteiger partial charge is 0.387 e. The van der Waals surface area contributed by atoms with E-state index in [9.17, 15) is 18.3 Å². The third kappa shape index (κ3) is 4.89. The molecule has 6 heteroatoms. The molecule has 21 heavy (non-hydrogen) atoms. The van der Waals surface area contributed by atoms with Gasteiger partial charge in [-0.15, -0.1) is 0 Å². The standard InChI is InChI=1S/C15H20F3NO2/c16-12-4-3-11(10-13(12)21-14(17)18)2-1-5-15(20)6-8-19-9-7-15/h3-4,10,14,19-20H,1-2,5-9H2. The fourth-order valence-electron chi connectivity index (χ4n) is 2.65. The molecule has 0 radical (unpaired) electrons. The van der Waals surface area contributed by atoms with Gasteiger partial charge in [0.15, 0.2) is 11.6 Å². The van der Waals surface area contributed by atoms with E-state index in [0.717, 1.165) is 44.0 Å². The first-order chi connectivity index (χ1) is 9.98. The minimum Gasteiger partial charge on any atom is -0.432 e. The summed E-state index contributed by atoms with van der Waals surface area (Å²) < 4.78 is 41.7. The monoisotopic (exact) mass is 303 g/mol. The summed E-state index contributed by atoms with van der Waals surface area (Å²) in [5, 5.41) is 13.5. The Morgan fingerprint density at radius 1 is 1.29 bits per heavy atom. The zero-order valence-corrected chi connectivity index (χ0v) is 11.7. The molecule has 0 aromatic heterocycles. The highest BCUT2D eigenvalue weighted by Crippen LogP contribution is 2.26. The molecule has 2 rings (SSSR count). The second-order valence-corrected chi connectivity index (χ2v) is 5.47. The lowest BCUT2D eigenvalue weighted by Crippen LogP contribution is -2.41. The molecule has 0 amide bonds. The normalized spacial score (nSPS) is 18.0. The van der Waals surface area contributed by atoms with Crippen molar-refractivity contribution in [1.29, 1.82) is 0 Å². The Labute approximate surface area is 122 Å². The van der Waals surface area contributed by atoms with E-state index in [0.29, 0.717) is 12.8 Å². The van der Waals surface area contributed by atoms with Gasteiger partial charge in [0.2, 0.25) is 0 Å². The topological polar surface area (TPSA) is 41.5 Å². The zero-order chi connectivity index (χ0) is 15.3. The maximum absolute atomic E-state index is 13.3. The van der Waals surface area contributed by atoms with Crippen molar-refractivity contribution in [3.05, 3.63) is 29.6 Å². The molecule has 118 valence electrons. The molecule has 0 atom stereocenters. The van der Waals surface area contributed by atoms with Gasteiger partial charge in [0, 0.05) is 0 Å². The van der Waals surface area contributed by atoms with Crippen LogP contribution in [-0.4, -0.2) is 30.4 Å². The van der Waals surface area contributed by atoms with E-state index in [-0.39, 0.29) is 0 Å². The van der Waals surface area contributed by atoms with Crippen molar-refractivity contribution < 1.29 is 23.0 Å². The summed E-state index contributed by atoms with van der Waals surface area (Å²) in [5.41, 5.74) is 0.0812. The van der Waals surface area contributed by atoms with Crippen molar-refractivity contribution in [2.45, 2.75) is 44.3 Å². The van der Waals surface area contributed by atoms with Crippen molar-refractivity contribution in [2.24, 2.45) is 0 Å². The average molecular weight is 303 g/mol. The van der Waals surface area contributed by atoms with Gasteiger partial charge >= 0.3 is 6.61 Å². The quantitative estimate of drug-likeness (QED) is 0.849. The molecule has 0 bridgehead atoms. The van der Waals surface area contributed by atoms with Crippen LogP contribution in [0.5, 0.6) is 5.75 Å². The minimum atomic E-state index is -3.04. The number of aryl methyl sites for hydroxylation is 1. The van der Waals surface area contributed by atoms with E-state index in [1.54, 1.807) is 6.07 Å². The predicted molar refractivity (Wildman–Crippen MR) is 73.0 cm³/mol. The number of ether oxygens (including phenoxy) is 1. The van der Waals surface area contributed by atoms with Crippen LogP contribution >= 0.6 is 0 Å². The van der Waals surface area contributed by atoms with Crippen LogP contribution in [0.3, 0.4) is 0 Å². The number of benzene rings is 1. The number of halogens is 3. The molecule has 1 fully saturated rings. The van der Waals surface area contributed by atoms with Crippen molar-refractivity contribution in [3.8, 4) is 5.75 Å². The molecule has 1 heterocycles. The average Bonchev–Trinajstić information content (AvgIpc) is 2.42. The highest BCUT2D eigenvalue weighted by atomic mass is 19.3. The van der Waals surface area contributed by atoms with Crippen molar-refractivity contribution >= 4 is 0 Å². The van der Waals surface area contributed by atoms with Gasteiger partial charge in [-0.25, -0.2) is 4.39 Å². The van der Waals surface area contributed by atoms with Crippen molar-refractivity contribution in [1.82, 2.24) is 5.32 Å². The van der Waals surface area contributed by atoms with E-state index in [2.05, 4.69) is 10.1 Å². The molecule has 2 N–H and O–H groups in total. The molecule has 1 aliphatic heterocycles. The number of aliphatic hydroxyl groups is 1. The van der Waals surface area contributed by atoms with Crippen molar-refractivity contribution in [2.75, 3.05) is 13.1 Å². The third-order valence-corrected chi connectivity index (χ3v) is 3.85. The van der Waals surface area contributed by atoms with Crippen LogP contribution in [0, 0.1) is 5.82 Å². The molecule has 0 spiro atoms.